The molecule has 0 aromatic heterocycles. The standard InChI is InChI=1S/C21H14F3N3O4/c22-21(23,24)14-6-4-8-16(12-14)25-19(28)13-5-3-7-15(11-13)26-20(29)17-9-1-2-10-18(17)27(30)31/h1-12H,(H,25,28)(H,26,29). The minimum Gasteiger partial charge on any atom is -0.322 e. The van der Waals surface area contributed by atoms with Gasteiger partial charge in [0, 0.05) is 23.0 Å². The van der Waals surface area contributed by atoms with Crippen LogP contribution in [0.1, 0.15) is 26.3 Å². The average Bonchev–Trinajstić information content (AvgIpc) is 2.73. The molecule has 3 aromatic carbocycles. The van der Waals surface area contributed by atoms with E-state index in [1.165, 1.54) is 60.7 Å². The number of halogens is 3. The van der Waals surface area contributed by atoms with Crippen LogP contribution in [0.2, 0.25) is 0 Å². The monoisotopic (exact) mass is 429 g/mol. The molecule has 3 aromatic rings. The van der Waals surface area contributed by atoms with Gasteiger partial charge in [0.25, 0.3) is 17.5 Å². The summed E-state index contributed by atoms with van der Waals surface area (Å²) < 4.78 is 38.5. The van der Waals surface area contributed by atoms with Gasteiger partial charge >= 0.3 is 6.18 Å². The maximum atomic E-state index is 12.8. The van der Waals surface area contributed by atoms with Crippen LogP contribution in [0.5, 0.6) is 0 Å². The minimum absolute atomic E-state index is 0.0471. The second kappa shape index (κ2) is 8.66. The van der Waals surface area contributed by atoms with Crippen LogP contribution in [-0.2, 0) is 6.18 Å². The number of rotatable bonds is 5. The molecule has 2 N–H and O–H groups in total. The van der Waals surface area contributed by atoms with Gasteiger partial charge in [-0.05, 0) is 42.5 Å². The van der Waals surface area contributed by atoms with Gasteiger partial charge in [0.05, 0.1) is 10.5 Å². The van der Waals surface area contributed by atoms with Crippen molar-refractivity contribution >= 4 is 28.9 Å². The summed E-state index contributed by atoms with van der Waals surface area (Å²) in [5, 5.41) is 15.9. The van der Waals surface area contributed by atoms with Crippen molar-refractivity contribution in [3.05, 3.63) is 99.6 Å². The maximum absolute atomic E-state index is 12.8. The number of carbonyl (C=O) groups excluding carboxylic acids is 2. The van der Waals surface area contributed by atoms with Crippen molar-refractivity contribution < 1.29 is 27.7 Å². The molecule has 0 fully saturated rings. The van der Waals surface area contributed by atoms with E-state index >= 15 is 0 Å². The number of nitrogens with one attached hydrogen (secondary N) is 2. The third kappa shape index (κ3) is 5.24. The summed E-state index contributed by atoms with van der Waals surface area (Å²) in [5.41, 5.74) is -1.24. The van der Waals surface area contributed by atoms with Crippen molar-refractivity contribution in [1.29, 1.82) is 0 Å². The van der Waals surface area contributed by atoms with E-state index in [1.54, 1.807) is 0 Å². The van der Waals surface area contributed by atoms with E-state index in [4.69, 9.17) is 0 Å². The lowest BCUT2D eigenvalue weighted by Gasteiger charge is -2.11. The highest BCUT2D eigenvalue weighted by Crippen LogP contribution is 2.30. The van der Waals surface area contributed by atoms with Gasteiger partial charge in [0.2, 0.25) is 0 Å². The SMILES string of the molecule is O=C(Nc1cccc(C(F)(F)F)c1)c1cccc(NC(=O)c2ccccc2[N+](=O)[O-])c1. The minimum atomic E-state index is -4.55. The number of hydrogen-bond acceptors (Lipinski definition) is 4. The largest absolute Gasteiger partial charge is 0.416 e. The second-order valence-electron chi connectivity index (χ2n) is 6.34. The number of alkyl halides is 3. The van der Waals surface area contributed by atoms with E-state index in [1.807, 2.05) is 0 Å². The summed E-state index contributed by atoms with van der Waals surface area (Å²) in [6.45, 7) is 0. The van der Waals surface area contributed by atoms with Gasteiger partial charge < -0.3 is 10.6 Å². The summed E-state index contributed by atoms with van der Waals surface area (Å²) in [4.78, 5) is 35.2. The summed E-state index contributed by atoms with van der Waals surface area (Å²) in [6.07, 6.45) is -4.55. The summed E-state index contributed by atoms with van der Waals surface area (Å²) in [5.74, 6) is -1.44. The Morgan fingerprint density at radius 3 is 2.10 bits per heavy atom. The third-order valence-corrected chi connectivity index (χ3v) is 4.18. The molecule has 10 heteroatoms. The van der Waals surface area contributed by atoms with Crippen molar-refractivity contribution in [3.63, 3.8) is 0 Å². The first-order valence-electron chi connectivity index (χ1n) is 8.78. The first kappa shape index (κ1) is 21.5. The molecule has 0 bridgehead atoms. The van der Waals surface area contributed by atoms with Crippen molar-refractivity contribution in [2.24, 2.45) is 0 Å². The molecule has 0 saturated heterocycles. The second-order valence-corrected chi connectivity index (χ2v) is 6.34. The molecule has 31 heavy (non-hydrogen) atoms. The van der Waals surface area contributed by atoms with Crippen molar-refractivity contribution in [1.82, 2.24) is 0 Å². The van der Waals surface area contributed by atoms with Gasteiger partial charge in [-0.25, -0.2) is 0 Å². The molecule has 2 amide bonds. The Morgan fingerprint density at radius 2 is 1.42 bits per heavy atom. The normalized spacial score (nSPS) is 10.9. The van der Waals surface area contributed by atoms with Crippen LogP contribution in [0.25, 0.3) is 0 Å². The number of nitro groups is 1. The third-order valence-electron chi connectivity index (χ3n) is 4.18. The number of nitro benzene ring substituents is 1. The predicted molar refractivity (Wildman–Crippen MR) is 107 cm³/mol. The van der Waals surface area contributed by atoms with Gasteiger partial charge in [-0.15, -0.1) is 0 Å². The van der Waals surface area contributed by atoms with E-state index in [9.17, 15) is 32.9 Å². The van der Waals surface area contributed by atoms with E-state index in [0.717, 1.165) is 12.1 Å². The molecule has 0 heterocycles. The van der Waals surface area contributed by atoms with Crippen LogP contribution in [0.3, 0.4) is 0 Å². The Kier molecular flexibility index (Phi) is 6.00. The van der Waals surface area contributed by atoms with E-state index in [0.29, 0.717) is 0 Å². The zero-order valence-corrected chi connectivity index (χ0v) is 15.6. The Morgan fingerprint density at radius 1 is 0.806 bits per heavy atom. The zero-order valence-electron chi connectivity index (χ0n) is 15.6. The topological polar surface area (TPSA) is 101 Å². The fraction of sp³-hybridized carbons (Fsp3) is 0.0476. The lowest BCUT2D eigenvalue weighted by atomic mass is 10.1. The lowest BCUT2D eigenvalue weighted by molar-refractivity contribution is -0.385. The molecular formula is C21H14F3N3O4. The fourth-order valence-corrected chi connectivity index (χ4v) is 2.74. The van der Waals surface area contributed by atoms with Crippen LogP contribution >= 0.6 is 0 Å². The van der Waals surface area contributed by atoms with Crippen LogP contribution < -0.4 is 10.6 Å². The summed E-state index contributed by atoms with van der Waals surface area (Å²) >= 11 is 0. The number of amides is 2. The van der Waals surface area contributed by atoms with Gasteiger partial charge in [-0.2, -0.15) is 13.2 Å². The van der Waals surface area contributed by atoms with Crippen LogP contribution in [0, 0.1) is 10.1 Å². The Labute approximate surface area is 173 Å². The first-order valence-corrected chi connectivity index (χ1v) is 8.78. The highest BCUT2D eigenvalue weighted by Gasteiger charge is 2.30. The van der Waals surface area contributed by atoms with Crippen LogP contribution in [0.15, 0.2) is 72.8 Å². The van der Waals surface area contributed by atoms with E-state index in [-0.39, 0.29) is 28.2 Å². The highest BCUT2D eigenvalue weighted by molar-refractivity contribution is 6.08. The predicted octanol–water partition coefficient (Wildman–Crippen LogP) is 5.12. The van der Waals surface area contributed by atoms with Crippen molar-refractivity contribution in [2.45, 2.75) is 6.18 Å². The van der Waals surface area contributed by atoms with Gasteiger partial charge in [-0.1, -0.05) is 24.3 Å². The number of para-hydroxylation sites is 1. The average molecular weight is 429 g/mol. The molecular weight excluding hydrogens is 415 g/mol. The van der Waals surface area contributed by atoms with Crippen molar-refractivity contribution in [2.75, 3.05) is 10.6 Å². The first-order chi connectivity index (χ1) is 14.6. The molecule has 0 spiro atoms. The molecule has 0 aliphatic carbocycles. The Hall–Kier alpha value is -4.21. The zero-order chi connectivity index (χ0) is 22.6. The number of carbonyl (C=O) groups is 2. The molecule has 0 aliphatic heterocycles. The molecule has 0 saturated carbocycles. The molecule has 158 valence electrons. The molecule has 0 atom stereocenters. The van der Waals surface area contributed by atoms with E-state index < -0.39 is 28.5 Å². The number of benzene rings is 3. The van der Waals surface area contributed by atoms with E-state index in [2.05, 4.69) is 10.6 Å². The van der Waals surface area contributed by atoms with Gasteiger partial charge in [0.15, 0.2) is 0 Å². The van der Waals surface area contributed by atoms with Crippen LogP contribution in [-0.4, -0.2) is 16.7 Å². The lowest BCUT2D eigenvalue weighted by Crippen LogP contribution is -2.16. The Bertz CT molecular complexity index is 1160. The molecule has 7 nitrogen and oxygen atoms in total. The molecule has 0 radical (unpaired) electrons. The molecule has 0 aliphatic rings. The number of anilines is 2. The smallest absolute Gasteiger partial charge is 0.322 e. The summed E-state index contributed by atoms with van der Waals surface area (Å²) in [7, 11) is 0. The quantitative estimate of drug-likeness (QED) is 0.434. The fourth-order valence-electron chi connectivity index (χ4n) is 2.74. The Balaban J connectivity index is 1.77. The molecule has 3 rings (SSSR count). The van der Waals surface area contributed by atoms with Gasteiger partial charge in [0.1, 0.15) is 5.56 Å². The molecule has 0 unspecified atom stereocenters. The maximum Gasteiger partial charge on any atom is 0.416 e. The number of nitrogens with zero attached hydrogens (tertiary/aromatic N) is 1. The van der Waals surface area contributed by atoms with Crippen molar-refractivity contribution in [3.8, 4) is 0 Å². The van der Waals surface area contributed by atoms with Gasteiger partial charge in [-0.3, -0.25) is 19.7 Å². The number of hydrogen-bond donors (Lipinski definition) is 2. The summed E-state index contributed by atoms with van der Waals surface area (Å²) in [6, 6.07) is 15.2. The highest BCUT2D eigenvalue weighted by atomic mass is 19.4. The van der Waals surface area contributed by atoms with Crippen LogP contribution in [0.4, 0.5) is 30.2 Å².